The molecule has 5 nitrogen and oxygen atoms in total. The van der Waals surface area contributed by atoms with Gasteiger partial charge in [0.1, 0.15) is 0 Å². The molecule has 0 aliphatic heterocycles. The van der Waals surface area contributed by atoms with Gasteiger partial charge < -0.3 is 14.7 Å². The van der Waals surface area contributed by atoms with Crippen molar-refractivity contribution in [3.63, 3.8) is 0 Å². The van der Waals surface area contributed by atoms with E-state index < -0.39 is 5.97 Å². The normalized spacial score (nSPS) is 10.9. The van der Waals surface area contributed by atoms with E-state index in [9.17, 15) is 14.7 Å². The van der Waals surface area contributed by atoms with E-state index >= 15 is 0 Å². The minimum atomic E-state index is -1.10. The SMILES string of the molecule is COCCCN(C(=O)c1ccccc1)c1cc(C(=O)O)cc2cc(Cl)cc(Cl)c12. The van der Waals surface area contributed by atoms with Gasteiger partial charge in [-0.05, 0) is 48.2 Å². The van der Waals surface area contributed by atoms with Crippen molar-refractivity contribution in [2.45, 2.75) is 6.42 Å². The van der Waals surface area contributed by atoms with Gasteiger partial charge >= 0.3 is 5.97 Å². The molecule has 0 atom stereocenters. The standard InChI is InChI=1S/C22H19Cl2NO4/c1-29-9-5-8-25(21(26)14-6-3-2-4-7-14)19-12-16(22(27)28)10-15-11-17(23)13-18(24)20(15)19/h2-4,6-7,10-13H,5,8-9H2,1H3,(H,27,28). The molecule has 0 saturated carbocycles. The molecule has 7 heteroatoms. The van der Waals surface area contributed by atoms with E-state index in [0.717, 1.165) is 0 Å². The van der Waals surface area contributed by atoms with Gasteiger partial charge in [-0.3, -0.25) is 4.79 Å². The summed E-state index contributed by atoms with van der Waals surface area (Å²) in [6, 6.07) is 15.0. The number of anilines is 1. The van der Waals surface area contributed by atoms with Crippen LogP contribution in [-0.4, -0.2) is 37.2 Å². The number of ether oxygens (including phenoxy) is 1. The topological polar surface area (TPSA) is 66.8 Å². The Kier molecular flexibility index (Phi) is 6.75. The van der Waals surface area contributed by atoms with Gasteiger partial charge in [-0.15, -0.1) is 0 Å². The Balaban J connectivity index is 2.22. The number of carboxylic acids is 1. The van der Waals surface area contributed by atoms with Crippen LogP contribution in [0.4, 0.5) is 5.69 Å². The van der Waals surface area contributed by atoms with Gasteiger partial charge in [0.25, 0.3) is 5.91 Å². The molecule has 0 bridgehead atoms. The average molecular weight is 432 g/mol. The predicted octanol–water partition coefficient (Wildman–Crippen LogP) is 5.53. The molecule has 0 fully saturated rings. The zero-order valence-electron chi connectivity index (χ0n) is 15.7. The molecule has 0 radical (unpaired) electrons. The highest BCUT2D eigenvalue weighted by atomic mass is 35.5. The number of carbonyl (C=O) groups excluding carboxylic acids is 1. The molecule has 0 spiro atoms. The molecule has 0 aliphatic carbocycles. The van der Waals surface area contributed by atoms with Gasteiger partial charge in [-0.2, -0.15) is 0 Å². The Morgan fingerprint density at radius 1 is 1.03 bits per heavy atom. The molecule has 0 aromatic heterocycles. The Bertz CT molecular complexity index is 1050. The van der Waals surface area contributed by atoms with Crippen molar-refractivity contribution in [3.05, 3.63) is 75.8 Å². The highest BCUT2D eigenvalue weighted by molar-refractivity contribution is 6.40. The minimum Gasteiger partial charge on any atom is -0.478 e. The van der Waals surface area contributed by atoms with Crippen molar-refractivity contribution < 1.29 is 19.4 Å². The number of aromatic carboxylic acids is 1. The number of hydrogen-bond acceptors (Lipinski definition) is 3. The number of amides is 1. The Labute approximate surface area is 178 Å². The summed E-state index contributed by atoms with van der Waals surface area (Å²) in [7, 11) is 1.59. The van der Waals surface area contributed by atoms with Crippen molar-refractivity contribution in [2.75, 3.05) is 25.2 Å². The molecule has 0 heterocycles. The minimum absolute atomic E-state index is 0.0448. The Morgan fingerprint density at radius 3 is 2.41 bits per heavy atom. The number of carboxylic acid groups (broad SMARTS) is 1. The van der Waals surface area contributed by atoms with E-state index in [-0.39, 0.29) is 11.5 Å². The van der Waals surface area contributed by atoms with E-state index in [2.05, 4.69) is 0 Å². The van der Waals surface area contributed by atoms with Crippen LogP contribution in [0.3, 0.4) is 0 Å². The average Bonchev–Trinajstić information content (AvgIpc) is 2.70. The van der Waals surface area contributed by atoms with Crippen molar-refractivity contribution >= 4 is 51.5 Å². The molecule has 1 amide bonds. The number of fused-ring (bicyclic) bond motifs is 1. The van der Waals surface area contributed by atoms with Crippen LogP contribution in [0.25, 0.3) is 10.8 Å². The summed E-state index contributed by atoms with van der Waals surface area (Å²) in [6.45, 7) is 0.785. The lowest BCUT2D eigenvalue weighted by atomic mass is 10.0. The van der Waals surface area contributed by atoms with E-state index in [1.54, 1.807) is 48.4 Å². The van der Waals surface area contributed by atoms with Crippen LogP contribution in [0.1, 0.15) is 27.1 Å². The number of hydrogen-bond donors (Lipinski definition) is 1. The van der Waals surface area contributed by atoms with E-state index in [1.807, 2.05) is 6.07 Å². The summed E-state index contributed by atoms with van der Waals surface area (Å²) in [4.78, 5) is 26.6. The second-order valence-electron chi connectivity index (χ2n) is 6.46. The molecule has 29 heavy (non-hydrogen) atoms. The summed E-state index contributed by atoms with van der Waals surface area (Å²) in [5.41, 5.74) is 0.957. The summed E-state index contributed by atoms with van der Waals surface area (Å²) < 4.78 is 5.13. The molecule has 1 N–H and O–H groups in total. The molecule has 3 aromatic carbocycles. The Hall–Kier alpha value is -2.60. The molecule has 3 rings (SSSR count). The van der Waals surface area contributed by atoms with Gasteiger partial charge in [0, 0.05) is 36.2 Å². The molecule has 0 unspecified atom stereocenters. The van der Waals surface area contributed by atoms with Gasteiger partial charge in [0.15, 0.2) is 0 Å². The first-order valence-electron chi connectivity index (χ1n) is 8.94. The highest BCUT2D eigenvalue weighted by Crippen LogP contribution is 2.37. The largest absolute Gasteiger partial charge is 0.478 e. The highest BCUT2D eigenvalue weighted by Gasteiger charge is 2.23. The van der Waals surface area contributed by atoms with Gasteiger partial charge in [-0.25, -0.2) is 4.79 Å². The first kappa shape index (κ1) is 21.1. The summed E-state index contributed by atoms with van der Waals surface area (Å²) >= 11 is 12.6. The Morgan fingerprint density at radius 2 is 1.76 bits per heavy atom. The molecule has 0 saturated heterocycles. The molecule has 0 aliphatic rings. The number of carbonyl (C=O) groups is 2. The van der Waals surface area contributed by atoms with Crippen LogP contribution >= 0.6 is 23.2 Å². The molecular weight excluding hydrogens is 413 g/mol. The zero-order valence-corrected chi connectivity index (χ0v) is 17.2. The molecule has 3 aromatic rings. The smallest absolute Gasteiger partial charge is 0.335 e. The van der Waals surface area contributed by atoms with E-state index in [0.29, 0.717) is 51.6 Å². The van der Waals surface area contributed by atoms with Crippen LogP contribution in [-0.2, 0) is 4.74 Å². The fraction of sp³-hybridized carbons (Fsp3) is 0.182. The second-order valence-corrected chi connectivity index (χ2v) is 7.30. The lowest BCUT2D eigenvalue weighted by molar-refractivity contribution is 0.0696. The quantitative estimate of drug-likeness (QED) is 0.499. The van der Waals surface area contributed by atoms with Crippen LogP contribution in [0.2, 0.25) is 10.0 Å². The fourth-order valence-corrected chi connectivity index (χ4v) is 3.78. The number of nitrogens with zero attached hydrogens (tertiary/aromatic N) is 1. The van der Waals surface area contributed by atoms with Crippen molar-refractivity contribution in [3.8, 4) is 0 Å². The van der Waals surface area contributed by atoms with Gasteiger partial charge in [0.05, 0.1) is 16.3 Å². The first-order valence-corrected chi connectivity index (χ1v) is 9.70. The second kappa shape index (κ2) is 9.27. The predicted molar refractivity (Wildman–Crippen MR) is 116 cm³/mol. The third kappa shape index (κ3) is 4.70. The maximum atomic E-state index is 13.3. The van der Waals surface area contributed by atoms with Crippen molar-refractivity contribution in [1.82, 2.24) is 0 Å². The lowest BCUT2D eigenvalue weighted by Gasteiger charge is -2.25. The summed E-state index contributed by atoms with van der Waals surface area (Å²) in [5.74, 6) is -1.36. The van der Waals surface area contributed by atoms with Crippen LogP contribution in [0, 0.1) is 0 Å². The molecule has 150 valence electrons. The van der Waals surface area contributed by atoms with Gasteiger partial charge in [-0.1, -0.05) is 41.4 Å². The monoisotopic (exact) mass is 431 g/mol. The van der Waals surface area contributed by atoms with Crippen LogP contribution < -0.4 is 4.90 Å². The van der Waals surface area contributed by atoms with Crippen molar-refractivity contribution in [2.24, 2.45) is 0 Å². The maximum Gasteiger partial charge on any atom is 0.335 e. The lowest BCUT2D eigenvalue weighted by Crippen LogP contribution is -2.33. The number of benzene rings is 3. The van der Waals surface area contributed by atoms with E-state index in [1.165, 1.54) is 12.1 Å². The number of halogens is 2. The third-order valence-electron chi connectivity index (χ3n) is 4.48. The van der Waals surface area contributed by atoms with E-state index in [4.69, 9.17) is 27.9 Å². The molecular formula is C22H19Cl2NO4. The van der Waals surface area contributed by atoms with Crippen LogP contribution in [0.5, 0.6) is 0 Å². The van der Waals surface area contributed by atoms with Gasteiger partial charge in [0.2, 0.25) is 0 Å². The zero-order chi connectivity index (χ0) is 21.0. The van der Waals surface area contributed by atoms with Crippen LogP contribution in [0.15, 0.2) is 54.6 Å². The first-order chi connectivity index (χ1) is 13.9. The maximum absolute atomic E-state index is 13.3. The van der Waals surface area contributed by atoms with Crippen molar-refractivity contribution in [1.29, 1.82) is 0 Å². The number of methoxy groups -OCH3 is 1. The number of rotatable bonds is 7. The third-order valence-corrected chi connectivity index (χ3v) is 4.99. The summed E-state index contributed by atoms with van der Waals surface area (Å²) in [5, 5.41) is 11.4. The fourth-order valence-electron chi connectivity index (χ4n) is 3.18. The summed E-state index contributed by atoms with van der Waals surface area (Å²) in [6.07, 6.45) is 0.569.